The number of hydrogen-bond acceptors (Lipinski definition) is 4. The van der Waals surface area contributed by atoms with Crippen molar-refractivity contribution in [2.75, 3.05) is 5.32 Å². The average molecular weight is 341 g/mol. The zero-order valence-corrected chi connectivity index (χ0v) is 14.1. The minimum atomic E-state index is -0.0997. The largest absolute Gasteiger partial charge is 0.467 e. The van der Waals surface area contributed by atoms with Gasteiger partial charge in [0.25, 0.3) is 0 Å². The van der Waals surface area contributed by atoms with E-state index in [-0.39, 0.29) is 12.1 Å². The summed E-state index contributed by atoms with van der Waals surface area (Å²) >= 11 is 1.50. The average Bonchev–Trinajstić information content (AvgIpc) is 3.32. The number of para-hydroxylation sites is 1. The van der Waals surface area contributed by atoms with Crippen molar-refractivity contribution in [3.8, 4) is 0 Å². The van der Waals surface area contributed by atoms with Crippen LogP contribution in [0.4, 0.5) is 9.93 Å². The molecule has 0 saturated heterocycles. The Balaban J connectivity index is 1.53. The number of anilines is 1. The molecule has 1 aromatic carbocycles. The zero-order chi connectivity index (χ0) is 16.4. The molecule has 4 rings (SSSR count). The molecule has 0 bridgehead atoms. The summed E-state index contributed by atoms with van der Waals surface area (Å²) < 4.78 is 6.51. The molecule has 1 aliphatic rings. The number of nitrogens with zero attached hydrogens (tertiary/aromatic N) is 2. The third kappa shape index (κ3) is 3.14. The van der Waals surface area contributed by atoms with E-state index in [9.17, 15) is 4.79 Å². The van der Waals surface area contributed by atoms with Crippen LogP contribution in [-0.2, 0) is 6.54 Å². The summed E-state index contributed by atoms with van der Waals surface area (Å²) in [6, 6.07) is 11.8. The second kappa shape index (κ2) is 6.65. The number of carbonyl (C=O) groups excluding carboxylic acids is 1. The molecule has 2 amide bonds. The lowest BCUT2D eigenvalue weighted by Crippen LogP contribution is -2.41. The molecular weight excluding hydrogens is 322 g/mol. The fourth-order valence-electron chi connectivity index (χ4n) is 3.24. The Bertz CT molecular complexity index is 789. The van der Waals surface area contributed by atoms with Gasteiger partial charge in [-0.25, -0.2) is 9.78 Å². The van der Waals surface area contributed by atoms with Crippen LogP contribution in [0.1, 0.15) is 31.4 Å². The van der Waals surface area contributed by atoms with Crippen LogP contribution in [0.3, 0.4) is 0 Å². The first kappa shape index (κ1) is 15.2. The maximum Gasteiger partial charge on any atom is 0.324 e. The Hall–Kier alpha value is -2.34. The van der Waals surface area contributed by atoms with Gasteiger partial charge < -0.3 is 9.32 Å². The van der Waals surface area contributed by atoms with Gasteiger partial charge in [0.2, 0.25) is 0 Å². The van der Waals surface area contributed by atoms with Gasteiger partial charge in [0, 0.05) is 6.04 Å². The fourth-order valence-corrected chi connectivity index (χ4v) is 4.10. The standard InChI is InChI=1S/C18H19N3O2S/c22-18(20-17-19-15-9-3-4-10-16(15)24-17)21(13-6-1-2-7-13)12-14-8-5-11-23-14/h3-5,8-11,13H,1-2,6-7,12H2,(H,19,20,22). The van der Waals surface area contributed by atoms with E-state index < -0.39 is 0 Å². The van der Waals surface area contributed by atoms with E-state index in [2.05, 4.69) is 10.3 Å². The molecule has 0 unspecified atom stereocenters. The number of thiazole rings is 1. The van der Waals surface area contributed by atoms with Gasteiger partial charge in [-0.05, 0) is 37.1 Å². The first-order valence-electron chi connectivity index (χ1n) is 8.25. The predicted molar refractivity (Wildman–Crippen MR) is 95.1 cm³/mol. The van der Waals surface area contributed by atoms with Crippen LogP contribution in [0.15, 0.2) is 47.1 Å². The van der Waals surface area contributed by atoms with E-state index in [0.29, 0.717) is 11.7 Å². The van der Waals surface area contributed by atoms with Crippen LogP contribution in [0.2, 0.25) is 0 Å². The van der Waals surface area contributed by atoms with Gasteiger partial charge in [-0.1, -0.05) is 36.3 Å². The Morgan fingerprint density at radius 3 is 2.83 bits per heavy atom. The quantitative estimate of drug-likeness (QED) is 0.737. The molecule has 5 nitrogen and oxygen atoms in total. The summed E-state index contributed by atoms with van der Waals surface area (Å²) in [5.41, 5.74) is 0.913. The Labute approximate surface area is 144 Å². The molecule has 24 heavy (non-hydrogen) atoms. The van der Waals surface area contributed by atoms with Crippen LogP contribution >= 0.6 is 11.3 Å². The lowest BCUT2D eigenvalue weighted by molar-refractivity contribution is 0.178. The first-order valence-corrected chi connectivity index (χ1v) is 9.07. The Morgan fingerprint density at radius 2 is 2.08 bits per heavy atom. The summed E-state index contributed by atoms with van der Waals surface area (Å²) in [7, 11) is 0. The summed E-state index contributed by atoms with van der Waals surface area (Å²) in [6.07, 6.45) is 6.09. The van der Waals surface area contributed by atoms with Crippen LogP contribution in [-0.4, -0.2) is 22.0 Å². The van der Waals surface area contributed by atoms with E-state index in [0.717, 1.165) is 28.8 Å². The van der Waals surface area contributed by atoms with E-state index in [4.69, 9.17) is 4.42 Å². The topological polar surface area (TPSA) is 58.4 Å². The number of carbonyl (C=O) groups is 1. The number of rotatable bonds is 4. The number of nitrogens with one attached hydrogen (secondary N) is 1. The third-order valence-electron chi connectivity index (χ3n) is 4.44. The highest BCUT2D eigenvalue weighted by Gasteiger charge is 2.28. The lowest BCUT2D eigenvalue weighted by Gasteiger charge is -2.27. The molecule has 1 aliphatic carbocycles. The van der Waals surface area contributed by atoms with Crippen molar-refractivity contribution in [3.05, 3.63) is 48.4 Å². The minimum Gasteiger partial charge on any atom is -0.467 e. The van der Waals surface area contributed by atoms with Crippen molar-refractivity contribution in [1.82, 2.24) is 9.88 Å². The molecular formula is C18H19N3O2S. The van der Waals surface area contributed by atoms with Crippen molar-refractivity contribution in [1.29, 1.82) is 0 Å². The molecule has 0 atom stereocenters. The molecule has 1 fully saturated rings. The lowest BCUT2D eigenvalue weighted by atomic mass is 10.2. The maximum atomic E-state index is 12.8. The van der Waals surface area contributed by atoms with Gasteiger partial charge in [0.15, 0.2) is 5.13 Å². The minimum absolute atomic E-state index is 0.0997. The molecule has 124 valence electrons. The molecule has 2 aromatic heterocycles. The van der Waals surface area contributed by atoms with E-state index in [1.54, 1.807) is 6.26 Å². The Morgan fingerprint density at radius 1 is 1.25 bits per heavy atom. The Kier molecular flexibility index (Phi) is 4.21. The van der Waals surface area contributed by atoms with E-state index in [1.165, 1.54) is 24.2 Å². The van der Waals surface area contributed by atoms with Crippen LogP contribution in [0.25, 0.3) is 10.2 Å². The third-order valence-corrected chi connectivity index (χ3v) is 5.39. The number of hydrogen-bond donors (Lipinski definition) is 1. The summed E-state index contributed by atoms with van der Waals surface area (Å²) in [6.45, 7) is 0.494. The van der Waals surface area contributed by atoms with E-state index in [1.807, 2.05) is 41.3 Å². The molecule has 6 heteroatoms. The van der Waals surface area contributed by atoms with Gasteiger partial charge in [0.05, 0.1) is 23.0 Å². The second-order valence-corrected chi connectivity index (χ2v) is 7.09. The van der Waals surface area contributed by atoms with Crippen LogP contribution in [0, 0.1) is 0 Å². The number of fused-ring (bicyclic) bond motifs is 1. The number of furan rings is 1. The van der Waals surface area contributed by atoms with Gasteiger partial charge in [-0.15, -0.1) is 0 Å². The second-order valence-electron chi connectivity index (χ2n) is 6.06. The first-order chi connectivity index (χ1) is 11.8. The summed E-state index contributed by atoms with van der Waals surface area (Å²) in [5, 5.41) is 3.62. The summed E-state index contributed by atoms with van der Waals surface area (Å²) in [4.78, 5) is 19.2. The zero-order valence-electron chi connectivity index (χ0n) is 13.3. The van der Waals surface area contributed by atoms with Crippen molar-refractivity contribution < 1.29 is 9.21 Å². The number of urea groups is 1. The number of aromatic nitrogens is 1. The van der Waals surface area contributed by atoms with Crippen molar-refractivity contribution in [3.63, 3.8) is 0 Å². The molecule has 0 radical (unpaired) electrons. The van der Waals surface area contributed by atoms with Gasteiger partial charge >= 0.3 is 6.03 Å². The normalized spacial score (nSPS) is 15.0. The van der Waals surface area contributed by atoms with Crippen LogP contribution < -0.4 is 5.32 Å². The highest BCUT2D eigenvalue weighted by Crippen LogP contribution is 2.28. The maximum absolute atomic E-state index is 12.8. The molecule has 0 spiro atoms. The van der Waals surface area contributed by atoms with Gasteiger partial charge in [0.1, 0.15) is 5.76 Å². The number of amides is 2. The molecule has 1 N–H and O–H groups in total. The van der Waals surface area contributed by atoms with Crippen molar-refractivity contribution in [2.24, 2.45) is 0 Å². The van der Waals surface area contributed by atoms with Crippen LogP contribution in [0.5, 0.6) is 0 Å². The molecule has 3 aromatic rings. The summed E-state index contributed by atoms with van der Waals surface area (Å²) in [5.74, 6) is 0.807. The monoisotopic (exact) mass is 341 g/mol. The van der Waals surface area contributed by atoms with Gasteiger partial charge in [-0.2, -0.15) is 0 Å². The smallest absolute Gasteiger partial charge is 0.324 e. The highest BCUT2D eigenvalue weighted by molar-refractivity contribution is 7.22. The highest BCUT2D eigenvalue weighted by atomic mass is 32.1. The molecule has 2 heterocycles. The SMILES string of the molecule is O=C(Nc1nc2ccccc2s1)N(Cc1ccco1)C1CCCC1. The van der Waals surface area contributed by atoms with Crippen molar-refractivity contribution >= 4 is 32.7 Å². The van der Waals surface area contributed by atoms with Gasteiger partial charge in [-0.3, -0.25) is 5.32 Å². The predicted octanol–water partition coefficient (Wildman–Crippen LogP) is 4.87. The molecule has 1 saturated carbocycles. The van der Waals surface area contributed by atoms with Crippen molar-refractivity contribution in [2.45, 2.75) is 38.3 Å². The molecule has 0 aliphatic heterocycles. The fraction of sp³-hybridized carbons (Fsp3) is 0.333. The van der Waals surface area contributed by atoms with E-state index >= 15 is 0 Å². The number of benzene rings is 1.